The molecule has 2 amide bonds. The molecule has 2 bridgehead atoms. The van der Waals surface area contributed by atoms with Crippen LogP contribution in [0.4, 0.5) is 5.69 Å². The third-order valence-electron chi connectivity index (χ3n) is 10.9. The van der Waals surface area contributed by atoms with Gasteiger partial charge in [0.05, 0.1) is 30.4 Å². The minimum Gasteiger partial charge on any atom is -0.494 e. The minimum atomic E-state index is -0.00260. The number of aryl methyl sites for hydroxylation is 1. The van der Waals surface area contributed by atoms with E-state index >= 15 is 0 Å². The highest BCUT2D eigenvalue weighted by Crippen LogP contribution is 2.41. The normalized spacial score (nSPS) is 22.1. The van der Waals surface area contributed by atoms with Crippen molar-refractivity contribution < 1.29 is 14.3 Å². The lowest BCUT2D eigenvalue weighted by molar-refractivity contribution is -0.117. The zero-order chi connectivity index (χ0) is 31.4. The summed E-state index contributed by atoms with van der Waals surface area (Å²) in [5.74, 6) is 2.54. The van der Waals surface area contributed by atoms with Crippen molar-refractivity contribution in [1.29, 1.82) is 0 Å². The number of nitrogens with zero attached hydrogens (tertiary/aromatic N) is 6. The molecule has 3 aromatic heterocycles. The Morgan fingerprint density at radius 3 is 2.61 bits per heavy atom. The van der Waals surface area contributed by atoms with Gasteiger partial charge in [0.2, 0.25) is 5.91 Å². The molecule has 5 aromatic rings. The van der Waals surface area contributed by atoms with Crippen LogP contribution in [0.1, 0.15) is 41.6 Å². The highest BCUT2D eigenvalue weighted by atomic mass is 16.5. The topological polar surface area (TPSA) is 112 Å². The number of aromatic nitrogens is 4. The molecule has 9 rings (SSSR count). The number of rotatable bonds is 6. The van der Waals surface area contributed by atoms with E-state index in [1.54, 1.807) is 12.0 Å². The second kappa shape index (κ2) is 9.90. The summed E-state index contributed by atoms with van der Waals surface area (Å²) in [5, 5.41) is 1.05. The molecule has 5 heterocycles. The summed E-state index contributed by atoms with van der Waals surface area (Å²) < 4.78 is 10.2. The summed E-state index contributed by atoms with van der Waals surface area (Å²) in [6, 6.07) is 16.4. The fourth-order valence-corrected chi connectivity index (χ4v) is 8.11. The molecule has 2 N–H and O–H groups in total. The smallest absolute Gasteiger partial charge is 0.254 e. The van der Waals surface area contributed by atoms with Gasteiger partial charge in [-0.3, -0.25) is 9.59 Å². The summed E-state index contributed by atoms with van der Waals surface area (Å²) in [7, 11) is 5.48. The van der Waals surface area contributed by atoms with Gasteiger partial charge in [-0.15, -0.1) is 0 Å². The number of pyridine rings is 1. The van der Waals surface area contributed by atoms with Crippen molar-refractivity contribution in [2.45, 2.75) is 50.7 Å². The molecule has 10 heteroatoms. The maximum atomic E-state index is 13.7. The third kappa shape index (κ3) is 4.05. The standard InChI is InChI=1S/C36H37N7O3/c1-40-27-10-7-20(12-23(27)16-31(40)44)25-9-6-21-14-29(42(34(21)38-25)17-19-4-5-19)35-39-26-13-24(15-30(46-3)33(26)41(35)2)36(45)43-18-22-8-11-28(43)32(22)37/h6-7,9-10,12-15,19,22,28,32H,4-5,8,11,16-18,37H2,1-3H3/t22-,28-,32-/m1/s1. The molecular weight excluding hydrogens is 578 g/mol. The lowest BCUT2D eigenvalue weighted by Crippen LogP contribution is -2.41. The number of carbonyl (C=O) groups excluding carboxylic acids is 2. The van der Waals surface area contributed by atoms with E-state index in [2.05, 4.69) is 39.5 Å². The average molecular weight is 616 g/mol. The number of nitrogens with two attached hydrogens (primary N) is 1. The maximum Gasteiger partial charge on any atom is 0.254 e. The highest BCUT2D eigenvalue weighted by Gasteiger charge is 2.47. The van der Waals surface area contributed by atoms with Crippen LogP contribution in [0.25, 0.3) is 44.8 Å². The van der Waals surface area contributed by atoms with Crippen LogP contribution < -0.4 is 15.4 Å². The van der Waals surface area contributed by atoms with Crippen LogP contribution in [0.5, 0.6) is 5.75 Å². The Bertz CT molecular complexity index is 2110. The van der Waals surface area contributed by atoms with Gasteiger partial charge >= 0.3 is 0 Å². The van der Waals surface area contributed by atoms with Crippen LogP contribution in [0.15, 0.2) is 48.5 Å². The second-order valence-electron chi connectivity index (χ2n) is 13.6. The lowest BCUT2D eigenvalue weighted by Gasteiger charge is -2.27. The molecule has 2 aliphatic carbocycles. The van der Waals surface area contributed by atoms with E-state index in [0.29, 0.717) is 29.6 Å². The predicted octanol–water partition coefficient (Wildman–Crippen LogP) is 4.76. The summed E-state index contributed by atoms with van der Waals surface area (Å²) in [5.41, 5.74) is 14.4. The molecule has 2 aromatic carbocycles. The third-order valence-corrected chi connectivity index (χ3v) is 10.9. The zero-order valence-corrected chi connectivity index (χ0v) is 26.4. The average Bonchev–Trinajstić information content (AvgIpc) is 3.26. The van der Waals surface area contributed by atoms with Crippen molar-refractivity contribution in [3.05, 3.63) is 59.7 Å². The van der Waals surface area contributed by atoms with E-state index in [1.807, 2.05) is 37.2 Å². The van der Waals surface area contributed by atoms with E-state index in [-0.39, 0.29) is 23.9 Å². The number of piperidine rings is 1. The maximum absolute atomic E-state index is 13.7. The number of fused-ring (bicyclic) bond motifs is 5. The van der Waals surface area contributed by atoms with Crippen molar-refractivity contribution in [2.24, 2.45) is 24.6 Å². The number of amides is 2. The van der Waals surface area contributed by atoms with Crippen molar-refractivity contribution >= 4 is 39.6 Å². The number of likely N-dealkylation sites (tertiary alicyclic amines) is 1. The SMILES string of the molecule is COc1cc(C(=O)N2C[C@H]3CC[C@@H]2[C@@H]3N)cc2nc(-c3cc4ccc(-c5ccc6c(c5)CC(=O)N6C)nc4n3CC3CC3)n(C)c12. The van der Waals surface area contributed by atoms with E-state index in [4.69, 9.17) is 20.4 Å². The van der Waals surface area contributed by atoms with E-state index in [9.17, 15) is 9.59 Å². The number of carbonyl (C=O) groups is 2. The van der Waals surface area contributed by atoms with Crippen LogP contribution in [0, 0.1) is 11.8 Å². The first kappa shape index (κ1) is 27.6. The number of likely N-dealkylation sites (N-methyl/N-ethyl adjacent to an activating group) is 1. The molecule has 2 aliphatic heterocycles. The van der Waals surface area contributed by atoms with Crippen LogP contribution in [0.3, 0.4) is 0 Å². The molecule has 1 saturated heterocycles. The Hall–Kier alpha value is -4.70. The van der Waals surface area contributed by atoms with Gasteiger partial charge in [-0.1, -0.05) is 6.07 Å². The van der Waals surface area contributed by atoms with E-state index < -0.39 is 0 Å². The zero-order valence-electron chi connectivity index (χ0n) is 26.4. The Kier molecular flexibility index (Phi) is 5.94. The molecule has 3 atom stereocenters. The lowest BCUT2D eigenvalue weighted by atomic mass is 10.1. The largest absolute Gasteiger partial charge is 0.494 e. The monoisotopic (exact) mass is 615 g/mol. The van der Waals surface area contributed by atoms with Crippen LogP contribution in [-0.2, 0) is 24.8 Å². The molecular formula is C36H37N7O3. The van der Waals surface area contributed by atoms with Gasteiger partial charge < -0.3 is 29.4 Å². The van der Waals surface area contributed by atoms with Gasteiger partial charge in [0.15, 0.2) is 5.82 Å². The second-order valence-corrected chi connectivity index (χ2v) is 13.6. The first-order chi connectivity index (χ1) is 22.3. The summed E-state index contributed by atoms with van der Waals surface area (Å²) >= 11 is 0. The van der Waals surface area contributed by atoms with Crippen molar-refractivity contribution in [2.75, 3.05) is 25.6 Å². The number of hydrogen-bond acceptors (Lipinski definition) is 6. The van der Waals surface area contributed by atoms with Crippen LogP contribution in [-0.4, -0.2) is 68.6 Å². The molecule has 234 valence electrons. The minimum absolute atomic E-state index is 0.00260. The molecule has 10 nitrogen and oxygen atoms in total. The molecule has 46 heavy (non-hydrogen) atoms. The summed E-state index contributed by atoms with van der Waals surface area (Å²) in [6.45, 7) is 1.58. The van der Waals surface area contributed by atoms with Crippen LogP contribution in [0.2, 0.25) is 0 Å². The van der Waals surface area contributed by atoms with Gasteiger partial charge in [0, 0.05) is 61.5 Å². The number of anilines is 1. The van der Waals surface area contributed by atoms with Gasteiger partial charge in [-0.25, -0.2) is 9.97 Å². The first-order valence-corrected chi connectivity index (χ1v) is 16.3. The van der Waals surface area contributed by atoms with Gasteiger partial charge in [-0.05, 0) is 85.5 Å². The van der Waals surface area contributed by atoms with Gasteiger partial charge in [-0.2, -0.15) is 0 Å². The molecule has 3 fully saturated rings. The van der Waals surface area contributed by atoms with E-state index in [0.717, 1.165) is 82.0 Å². The quantitative estimate of drug-likeness (QED) is 0.295. The highest BCUT2D eigenvalue weighted by molar-refractivity contribution is 6.02. The molecule has 0 radical (unpaired) electrons. The predicted molar refractivity (Wildman–Crippen MR) is 177 cm³/mol. The van der Waals surface area contributed by atoms with E-state index in [1.165, 1.54) is 12.8 Å². The summed E-state index contributed by atoms with van der Waals surface area (Å²) in [4.78, 5) is 40.1. The number of imidazole rings is 1. The Morgan fingerprint density at radius 2 is 1.87 bits per heavy atom. The number of benzene rings is 2. The Morgan fingerprint density at radius 1 is 1.02 bits per heavy atom. The number of hydrogen-bond donors (Lipinski definition) is 1. The molecule has 0 unspecified atom stereocenters. The number of ether oxygens (including phenoxy) is 1. The van der Waals surface area contributed by atoms with Gasteiger partial charge in [0.25, 0.3) is 5.91 Å². The number of methoxy groups -OCH3 is 1. The molecule has 4 aliphatic rings. The summed E-state index contributed by atoms with van der Waals surface area (Å²) in [6.07, 6.45) is 4.89. The fraction of sp³-hybridized carbons (Fsp3) is 0.389. The van der Waals surface area contributed by atoms with Crippen LogP contribution >= 0.6 is 0 Å². The van der Waals surface area contributed by atoms with Crippen molar-refractivity contribution in [3.8, 4) is 28.5 Å². The van der Waals surface area contributed by atoms with Crippen molar-refractivity contribution in [1.82, 2.24) is 24.0 Å². The van der Waals surface area contributed by atoms with Crippen molar-refractivity contribution in [3.63, 3.8) is 0 Å². The van der Waals surface area contributed by atoms with Gasteiger partial charge in [0.1, 0.15) is 16.9 Å². The fourth-order valence-electron chi connectivity index (χ4n) is 8.11. The Labute approximate surface area is 266 Å². The molecule has 0 spiro atoms. The Balaban J connectivity index is 1.14. The molecule has 2 saturated carbocycles. The first-order valence-electron chi connectivity index (χ1n) is 16.3.